The molecule has 0 heterocycles. The second-order valence-electron chi connectivity index (χ2n) is 25.2. The molecule has 0 amide bonds. The van der Waals surface area contributed by atoms with Crippen LogP contribution in [0.25, 0.3) is 0 Å². The van der Waals surface area contributed by atoms with Crippen LogP contribution in [0.3, 0.4) is 0 Å². The Morgan fingerprint density at radius 3 is 0.807 bits per heavy atom. The predicted molar refractivity (Wildman–Crippen MR) is 354 cm³/mol. The zero-order valence-corrected chi connectivity index (χ0v) is 58.6. The summed E-state index contributed by atoms with van der Waals surface area (Å²) in [7, 11) is -9.90. The molecule has 0 rings (SSSR count). The lowest BCUT2D eigenvalue weighted by atomic mass is 9.99. The van der Waals surface area contributed by atoms with Crippen LogP contribution in [0.4, 0.5) is 0 Å². The highest BCUT2D eigenvalue weighted by atomic mass is 31.2. The molecule has 0 radical (unpaired) electrons. The first-order valence-electron chi connectivity index (χ1n) is 36.2. The summed E-state index contributed by atoms with van der Waals surface area (Å²) < 4.78 is 68.2. The van der Waals surface area contributed by atoms with E-state index in [2.05, 4.69) is 34.6 Å². The second kappa shape index (κ2) is 62.5. The largest absolute Gasteiger partial charge is 0.472 e. The summed E-state index contributed by atoms with van der Waals surface area (Å²) in [5, 5.41) is 10.6. The van der Waals surface area contributed by atoms with Crippen LogP contribution in [0.15, 0.2) is 0 Å². The molecule has 0 aliphatic heterocycles. The lowest BCUT2D eigenvalue weighted by molar-refractivity contribution is -0.161. The Hall–Kier alpha value is -1.94. The number of aliphatic hydroxyl groups excluding tert-OH is 1. The third-order valence-corrected chi connectivity index (χ3v) is 18.3. The van der Waals surface area contributed by atoms with E-state index in [9.17, 15) is 43.2 Å². The molecule has 17 nitrogen and oxygen atoms in total. The molecule has 88 heavy (non-hydrogen) atoms. The summed E-state index contributed by atoms with van der Waals surface area (Å²) in [6.07, 6.45) is 48.3. The van der Waals surface area contributed by atoms with Gasteiger partial charge in [0.05, 0.1) is 26.4 Å². The van der Waals surface area contributed by atoms with Gasteiger partial charge in [-0.2, -0.15) is 0 Å². The van der Waals surface area contributed by atoms with E-state index in [1.54, 1.807) is 0 Å². The summed E-state index contributed by atoms with van der Waals surface area (Å²) in [5.74, 6) is -1.34. The number of carbonyl (C=O) groups is 4. The topological polar surface area (TPSA) is 237 Å². The van der Waals surface area contributed by atoms with E-state index in [0.29, 0.717) is 25.7 Å². The van der Waals surface area contributed by atoms with E-state index in [1.165, 1.54) is 180 Å². The molecular formula is C69H134O17P2. The van der Waals surface area contributed by atoms with E-state index in [1.807, 2.05) is 0 Å². The minimum atomic E-state index is -4.95. The fourth-order valence-electron chi connectivity index (χ4n) is 10.4. The van der Waals surface area contributed by atoms with Crippen LogP contribution in [0.1, 0.15) is 356 Å². The van der Waals surface area contributed by atoms with Crippen molar-refractivity contribution in [3.63, 3.8) is 0 Å². The van der Waals surface area contributed by atoms with Gasteiger partial charge in [-0.1, -0.05) is 304 Å². The Bertz CT molecular complexity index is 1710. The van der Waals surface area contributed by atoms with E-state index in [0.717, 1.165) is 95.8 Å². The van der Waals surface area contributed by atoms with Crippen molar-refractivity contribution in [2.24, 2.45) is 5.92 Å². The molecule has 19 heteroatoms. The van der Waals surface area contributed by atoms with E-state index >= 15 is 0 Å². The number of hydrogen-bond donors (Lipinski definition) is 3. The maximum atomic E-state index is 13.0. The van der Waals surface area contributed by atoms with Crippen LogP contribution in [0.5, 0.6) is 0 Å². The molecule has 6 atom stereocenters. The highest BCUT2D eigenvalue weighted by Crippen LogP contribution is 2.45. The number of phosphoric acid groups is 2. The molecule has 0 saturated carbocycles. The van der Waals surface area contributed by atoms with Gasteiger partial charge in [0.25, 0.3) is 0 Å². The highest BCUT2D eigenvalue weighted by molar-refractivity contribution is 7.47. The van der Waals surface area contributed by atoms with Gasteiger partial charge in [-0.3, -0.25) is 37.3 Å². The molecule has 3 N–H and O–H groups in total. The summed E-state index contributed by atoms with van der Waals surface area (Å²) in [5.41, 5.74) is 0. The van der Waals surface area contributed by atoms with Gasteiger partial charge in [0.1, 0.15) is 19.3 Å². The first kappa shape index (κ1) is 86.1. The Labute approximate surface area is 537 Å². The molecule has 3 unspecified atom stereocenters. The Balaban J connectivity index is 5.25. The van der Waals surface area contributed by atoms with E-state index in [-0.39, 0.29) is 25.7 Å². The second-order valence-corrected chi connectivity index (χ2v) is 28.1. The molecular weight excluding hydrogens is 1160 g/mol. The monoisotopic (exact) mass is 1300 g/mol. The number of hydrogen-bond acceptors (Lipinski definition) is 15. The predicted octanol–water partition coefficient (Wildman–Crippen LogP) is 19.7. The van der Waals surface area contributed by atoms with Crippen molar-refractivity contribution in [3.05, 3.63) is 0 Å². The van der Waals surface area contributed by atoms with Gasteiger partial charge in [-0.05, 0) is 31.6 Å². The summed E-state index contributed by atoms with van der Waals surface area (Å²) in [4.78, 5) is 72.5. The smallest absolute Gasteiger partial charge is 0.462 e. The normalized spacial score (nSPS) is 14.4. The molecule has 0 aliphatic rings. The third-order valence-electron chi connectivity index (χ3n) is 16.4. The van der Waals surface area contributed by atoms with Gasteiger partial charge in [-0.25, -0.2) is 9.13 Å². The molecule has 0 aromatic rings. The minimum Gasteiger partial charge on any atom is -0.462 e. The molecule has 0 bridgehead atoms. The molecule has 0 aliphatic carbocycles. The Morgan fingerprint density at radius 1 is 0.318 bits per heavy atom. The summed E-state index contributed by atoms with van der Waals surface area (Å²) in [6, 6.07) is 0. The van der Waals surface area contributed by atoms with Crippen LogP contribution < -0.4 is 0 Å². The van der Waals surface area contributed by atoms with Crippen molar-refractivity contribution in [3.8, 4) is 0 Å². The molecule has 0 aromatic carbocycles. The fourth-order valence-corrected chi connectivity index (χ4v) is 12.0. The zero-order chi connectivity index (χ0) is 64.9. The zero-order valence-electron chi connectivity index (χ0n) is 56.9. The number of aliphatic hydroxyl groups is 1. The average molecular weight is 1300 g/mol. The number of carbonyl (C=O) groups excluding carboxylic acids is 4. The van der Waals surface area contributed by atoms with Crippen LogP contribution in [-0.4, -0.2) is 96.7 Å². The van der Waals surface area contributed by atoms with Gasteiger partial charge in [0.15, 0.2) is 12.2 Å². The van der Waals surface area contributed by atoms with E-state index in [4.69, 9.17) is 37.0 Å². The minimum absolute atomic E-state index is 0.108. The van der Waals surface area contributed by atoms with Crippen molar-refractivity contribution in [1.29, 1.82) is 0 Å². The Kier molecular flexibility index (Phi) is 61.1. The van der Waals surface area contributed by atoms with Crippen LogP contribution in [0, 0.1) is 5.92 Å². The van der Waals surface area contributed by atoms with Gasteiger partial charge in [0.2, 0.25) is 0 Å². The molecule has 522 valence electrons. The lowest BCUT2D eigenvalue weighted by Gasteiger charge is -2.21. The van der Waals surface area contributed by atoms with Gasteiger partial charge in [0, 0.05) is 25.7 Å². The highest BCUT2D eigenvalue weighted by Gasteiger charge is 2.30. The average Bonchev–Trinajstić information content (AvgIpc) is 3.71. The quantitative estimate of drug-likeness (QED) is 0.0222. The molecule has 0 fully saturated rings. The van der Waals surface area contributed by atoms with Gasteiger partial charge in [-0.15, -0.1) is 0 Å². The van der Waals surface area contributed by atoms with Gasteiger partial charge < -0.3 is 33.8 Å². The maximum absolute atomic E-state index is 13.0. The Morgan fingerprint density at radius 2 is 0.545 bits per heavy atom. The van der Waals surface area contributed by atoms with Crippen LogP contribution in [0.2, 0.25) is 0 Å². The van der Waals surface area contributed by atoms with Crippen molar-refractivity contribution in [2.45, 2.75) is 374 Å². The maximum Gasteiger partial charge on any atom is 0.472 e. The van der Waals surface area contributed by atoms with Crippen LogP contribution in [-0.2, 0) is 65.4 Å². The fraction of sp³-hybridized carbons (Fsp3) is 0.942. The number of ether oxygens (including phenoxy) is 4. The van der Waals surface area contributed by atoms with Gasteiger partial charge >= 0.3 is 39.5 Å². The summed E-state index contributed by atoms with van der Waals surface area (Å²) >= 11 is 0. The van der Waals surface area contributed by atoms with Crippen molar-refractivity contribution >= 4 is 39.5 Å². The SMILES string of the molecule is CCCCCCCCCCCCCCCCC(=O)O[C@H](COC(=O)CCCCCCCCCCC(C)CC)COP(=O)(O)OC[C@@H](O)COP(=O)(O)OC[C@@H](COC(=O)CCCCCCCCCCCC)OC(=O)CCCCCCCCCCCCCC. The van der Waals surface area contributed by atoms with Crippen molar-refractivity contribution < 1.29 is 80.2 Å². The van der Waals surface area contributed by atoms with E-state index < -0.39 is 97.5 Å². The van der Waals surface area contributed by atoms with Crippen LogP contribution >= 0.6 is 15.6 Å². The number of rotatable bonds is 69. The first-order valence-corrected chi connectivity index (χ1v) is 39.2. The number of unbranched alkanes of at least 4 members (excludes halogenated alkanes) is 40. The number of phosphoric ester groups is 2. The first-order chi connectivity index (χ1) is 42.6. The number of esters is 4. The van der Waals surface area contributed by atoms with Crippen molar-refractivity contribution in [1.82, 2.24) is 0 Å². The molecule has 0 aromatic heterocycles. The summed E-state index contributed by atoms with van der Waals surface area (Å²) in [6.45, 7) is 7.24. The molecule has 0 saturated heterocycles. The van der Waals surface area contributed by atoms with Crippen molar-refractivity contribution in [2.75, 3.05) is 39.6 Å². The third kappa shape index (κ3) is 61.6. The standard InChI is InChI=1S/C69H134O17P2/c1-6-10-13-16-19-22-25-27-28-30-33-40-45-50-55-69(74)86-65(59-80-67(72)53-48-43-38-35-34-36-41-46-51-62(5)9-4)61-84-88(77,78)82-57-63(70)56-81-87(75,76)83-60-64(58-79-66(71)52-47-42-37-31-24-21-18-15-12-8-3)85-68(73)54-49-44-39-32-29-26-23-20-17-14-11-7-2/h62-65,70H,6-61H2,1-5H3,(H,75,76)(H,77,78)/t62?,63-,64+,65+/m0/s1. The lowest BCUT2D eigenvalue weighted by Crippen LogP contribution is -2.30. The molecule has 0 spiro atoms.